The highest BCUT2D eigenvalue weighted by atomic mass is 16.5. The fourth-order valence-electron chi connectivity index (χ4n) is 0.954. The van der Waals surface area contributed by atoms with E-state index in [1.165, 1.54) is 7.11 Å². The zero-order valence-electron chi connectivity index (χ0n) is 7.33. The molecule has 12 heavy (non-hydrogen) atoms. The van der Waals surface area contributed by atoms with Crippen LogP contribution in [-0.4, -0.2) is 19.5 Å². The molecule has 0 saturated heterocycles. The molecular formula is C10H12O2. The van der Waals surface area contributed by atoms with E-state index in [-0.39, 0.29) is 12.4 Å². The molecule has 0 unspecified atom stereocenters. The largest absolute Gasteiger partial charge is 0.377 e. The minimum absolute atomic E-state index is 0.0255. The van der Waals surface area contributed by atoms with Crippen LogP contribution in [-0.2, 0) is 4.74 Å². The van der Waals surface area contributed by atoms with Gasteiger partial charge < -0.3 is 4.74 Å². The Hall–Kier alpha value is -1.15. The summed E-state index contributed by atoms with van der Waals surface area (Å²) in [5, 5.41) is 0. The van der Waals surface area contributed by atoms with Crippen molar-refractivity contribution >= 4 is 5.78 Å². The molecule has 2 heteroatoms. The summed E-state index contributed by atoms with van der Waals surface area (Å²) in [5.74, 6) is 0.0255. The molecule has 0 N–H and O–H groups in total. The highest BCUT2D eigenvalue weighted by Gasteiger charge is 2.02. The Morgan fingerprint density at radius 1 is 1.33 bits per heavy atom. The molecule has 0 radical (unpaired) electrons. The van der Waals surface area contributed by atoms with E-state index in [1.54, 1.807) is 0 Å². The van der Waals surface area contributed by atoms with Gasteiger partial charge in [-0.3, -0.25) is 4.79 Å². The molecule has 0 aliphatic carbocycles. The van der Waals surface area contributed by atoms with Gasteiger partial charge in [-0.05, 0) is 6.92 Å². The maximum atomic E-state index is 11.2. The first-order valence-electron chi connectivity index (χ1n) is 3.83. The predicted molar refractivity (Wildman–Crippen MR) is 47.4 cm³/mol. The molecule has 0 saturated carbocycles. The second kappa shape index (κ2) is 4.02. The average molecular weight is 164 g/mol. The predicted octanol–water partition coefficient (Wildman–Crippen LogP) is 1.82. The third-order valence-corrected chi connectivity index (χ3v) is 1.65. The van der Waals surface area contributed by atoms with Crippen molar-refractivity contribution in [1.29, 1.82) is 0 Å². The molecule has 0 bridgehead atoms. The quantitative estimate of drug-likeness (QED) is 0.637. The van der Waals surface area contributed by atoms with Crippen molar-refractivity contribution in [1.82, 2.24) is 0 Å². The second-order valence-corrected chi connectivity index (χ2v) is 2.72. The third kappa shape index (κ3) is 2.17. The lowest BCUT2D eigenvalue weighted by Crippen LogP contribution is -2.06. The van der Waals surface area contributed by atoms with Gasteiger partial charge in [-0.25, -0.2) is 0 Å². The highest BCUT2D eigenvalue weighted by Crippen LogP contribution is 2.03. The Morgan fingerprint density at radius 3 is 2.42 bits per heavy atom. The van der Waals surface area contributed by atoms with E-state index in [1.807, 2.05) is 31.2 Å². The Balaban J connectivity index is 2.75. The van der Waals surface area contributed by atoms with Crippen molar-refractivity contribution in [2.24, 2.45) is 0 Å². The lowest BCUT2D eigenvalue weighted by atomic mass is 10.1. The number of rotatable bonds is 3. The second-order valence-electron chi connectivity index (χ2n) is 2.72. The maximum absolute atomic E-state index is 11.2. The number of aryl methyl sites for hydroxylation is 1. The van der Waals surface area contributed by atoms with E-state index in [9.17, 15) is 4.79 Å². The molecule has 0 aliphatic heterocycles. The van der Waals surface area contributed by atoms with Crippen LogP contribution in [0.4, 0.5) is 0 Å². The van der Waals surface area contributed by atoms with E-state index in [0.29, 0.717) is 5.56 Å². The molecule has 1 rings (SSSR count). The van der Waals surface area contributed by atoms with Gasteiger partial charge in [0.2, 0.25) is 0 Å². The van der Waals surface area contributed by atoms with Crippen molar-refractivity contribution in [2.45, 2.75) is 6.92 Å². The molecule has 0 aliphatic rings. The summed E-state index contributed by atoms with van der Waals surface area (Å²) in [5.41, 5.74) is 1.87. The normalized spacial score (nSPS) is 9.83. The molecule has 0 heterocycles. The van der Waals surface area contributed by atoms with Crippen molar-refractivity contribution in [3.8, 4) is 0 Å². The van der Waals surface area contributed by atoms with Crippen LogP contribution in [0.5, 0.6) is 0 Å². The fraction of sp³-hybridized carbons (Fsp3) is 0.300. The summed E-state index contributed by atoms with van der Waals surface area (Å²) in [6.07, 6.45) is 0. The topological polar surface area (TPSA) is 26.3 Å². The first-order chi connectivity index (χ1) is 5.74. The van der Waals surface area contributed by atoms with Crippen LogP contribution in [0.2, 0.25) is 0 Å². The van der Waals surface area contributed by atoms with Gasteiger partial charge in [-0.15, -0.1) is 0 Å². The molecule has 0 atom stereocenters. The summed E-state index contributed by atoms with van der Waals surface area (Å²) in [6.45, 7) is 2.15. The molecule has 0 spiro atoms. The summed E-state index contributed by atoms with van der Waals surface area (Å²) < 4.78 is 4.74. The van der Waals surface area contributed by atoms with Crippen LogP contribution in [0.15, 0.2) is 24.3 Å². The Labute approximate surface area is 72.2 Å². The minimum Gasteiger partial charge on any atom is -0.377 e. The van der Waals surface area contributed by atoms with Crippen LogP contribution >= 0.6 is 0 Å². The van der Waals surface area contributed by atoms with Gasteiger partial charge in [0.1, 0.15) is 6.61 Å². The lowest BCUT2D eigenvalue weighted by molar-refractivity contribution is 0.0848. The van der Waals surface area contributed by atoms with E-state index in [0.717, 1.165) is 5.56 Å². The van der Waals surface area contributed by atoms with Crippen LogP contribution in [0.25, 0.3) is 0 Å². The lowest BCUT2D eigenvalue weighted by Gasteiger charge is -1.99. The number of carbonyl (C=O) groups excluding carboxylic acids is 1. The zero-order chi connectivity index (χ0) is 8.97. The number of hydrogen-bond acceptors (Lipinski definition) is 2. The van der Waals surface area contributed by atoms with E-state index in [2.05, 4.69) is 0 Å². The standard InChI is InChI=1S/C10H12O2/c1-8-3-5-9(6-4-8)10(11)7-12-2/h3-6H,7H2,1-2H3. The van der Waals surface area contributed by atoms with Crippen LogP contribution in [0.3, 0.4) is 0 Å². The minimum atomic E-state index is 0.0255. The van der Waals surface area contributed by atoms with Gasteiger partial charge in [0.25, 0.3) is 0 Å². The first kappa shape index (κ1) is 8.94. The Bertz CT molecular complexity index is 262. The number of hydrogen-bond donors (Lipinski definition) is 0. The molecule has 2 nitrogen and oxygen atoms in total. The van der Waals surface area contributed by atoms with Crippen molar-refractivity contribution in [3.63, 3.8) is 0 Å². The van der Waals surface area contributed by atoms with Crippen molar-refractivity contribution in [2.75, 3.05) is 13.7 Å². The molecule has 0 aromatic heterocycles. The summed E-state index contributed by atoms with van der Waals surface area (Å²) in [7, 11) is 1.52. The zero-order valence-corrected chi connectivity index (χ0v) is 7.33. The van der Waals surface area contributed by atoms with E-state index in [4.69, 9.17) is 4.74 Å². The Morgan fingerprint density at radius 2 is 1.92 bits per heavy atom. The third-order valence-electron chi connectivity index (χ3n) is 1.65. The smallest absolute Gasteiger partial charge is 0.188 e. The van der Waals surface area contributed by atoms with E-state index < -0.39 is 0 Å². The van der Waals surface area contributed by atoms with Crippen molar-refractivity contribution < 1.29 is 9.53 Å². The van der Waals surface area contributed by atoms with Crippen LogP contribution in [0.1, 0.15) is 15.9 Å². The molecule has 64 valence electrons. The van der Waals surface area contributed by atoms with Gasteiger partial charge in [-0.1, -0.05) is 29.8 Å². The first-order valence-corrected chi connectivity index (χ1v) is 3.83. The average Bonchev–Trinajstić information content (AvgIpc) is 2.06. The van der Waals surface area contributed by atoms with Crippen molar-refractivity contribution in [3.05, 3.63) is 35.4 Å². The number of methoxy groups -OCH3 is 1. The van der Waals surface area contributed by atoms with Gasteiger partial charge in [0, 0.05) is 12.7 Å². The van der Waals surface area contributed by atoms with Crippen LogP contribution < -0.4 is 0 Å². The van der Waals surface area contributed by atoms with Crippen LogP contribution in [0, 0.1) is 6.92 Å². The SMILES string of the molecule is COCC(=O)c1ccc(C)cc1. The van der Waals surface area contributed by atoms with Gasteiger partial charge in [0.15, 0.2) is 5.78 Å². The number of benzene rings is 1. The summed E-state index contributed by atoms with van der Waals surface area (Å²) in [6, 6.07) is 7.47. The number of ketones is 1. The van der Waals surface area contributed by atoms with Gasteiger partial charge in [0.05, 0.1) is 0 Å². The fourth-order valence-corrected chi connectivity index (χ4v) is 0.954. The van der Waals surface area contributed by atoms with Gasteiger partial charge >= 0.3 is 0 Å². The number of carbonyl (C=O) groups is 1. The van der Waals surface area contributed by atoms with E-state index >= 15 is 0 Å². The molecule has 0 fully saturated rings. The number of Topliss-reactive ketones (excluding diaryl/α,β-unsaturated/α-hetero) is 1. The number of ether oxygens (including phenoxy) is 1. The summed E-state index contributed by atoms with van der Waals surface area (Å²) in [4.78, 5) is 11.2. The Kier molecular flexibility index (Phi) is 3.00. The monoisotopic (exact) mass is 164 g/mol. The molecule has 1 aromatic carbocycles. The molecular weight excluding hydrogens is 152 g/mol. The molecule has 1 aromatic rings. The van der Waals surface area contributed by atoms with Gasteiger partial charge in [-0.2, -0.15) is 0 Å². The maximum Gasteiger partial charge on any atom is 0.188 e. The molecule has 0 amide bonds. The summed E-state index contributed by atoms with van der Waals surface area (Å²) >= 11 is 0. The highest BCUT2D eigenvalue weighted by molar-refractivity contribution is 5.97.